The Bertz CT molecular complexity index is 1150. The van der Waals surface area contributed by atoms with Gasteiger partial charge in [0.1, 0.15) is 6.10 Å². The van der Waals surface area contributed by atoms with Crippen LogP contribution in [0.1, 0.15) is 88.7 Å². The first kappa shape index (κ1) is 29.4. The van der Waals surface area contributed by atoms with E-state index in [1.807, 2.05) is 13.0 Å². The number of halogens is 3. The summed E-state index contributed by atoms with van der Waals surface area (Å²) in [6.45, 7) is 8.38. The molecule has 0 saturated heterocycles. The number of aryl methyl sites for hydroxylation is 1. The third kappa shape index (κ3) is 5.25. The highest BCUT2D eigenvalue weighted by atomic mass is 32.2. The van der Waals surface area contributed by atoms with Crippen LogP contribution in [0.15, 0.2) is 30.9 Å². The summed E-state index contributed by atoms with van der Waals surface area (Å²) in [7, 11) is -4.40. The average molecular weight is 560 g/mol. The summed E-state index contributed by atoms with van der Waals surface area (Å²) in [4.78, 5) is 0. The molecule has 3 unspecified atom stereocenters. The van der Waals surface area contributed by atoms with E-state index >= 15 is 0 Å². The summed E-state index contributed by atoms with van der Waals surface area (Å²) in [6.07, 6.45) is 1.05. The van der Waals surface area contributed by atoms with Gasteiger partial charge in [0.15, 0.2) is 0 Å². The summed E-state index contributed by atoms with van der Waals surface area (Å²) < 4.78 is 72.1. The van der Waals surface area contributed by atoms with Crippen molar-refractivity contribution in [3.63, 3.8) is 0 Å². The zero-order chi connectivity index (χ0) is 28.1. The quantitative estimate of drug-likeness (QED) is 0.165. The fraction of sp³-hybridized carbons (Fsp3) is 0.714. The molecule has 6 nitrogen and oxygen atoms in total. The normalized spacial score (nSPS) is 35.6. The standard InChI is InChI=1S/C28H40F3NO5S/c1-4-27-15-12-18-16-20(32-38(35,36)37)10-11-21(18)24(27)19(8-6-5-7-9-23(33)28(29,30)31)17-25(2)22(27)13-14-26(25,3)34/h4,10-11,16,19,22-24,32-34H,1,5-9,12-15,17H2,2-3H3,(H,35,36,37)/t19-,22?,23+,24?,25-,26-,27?/m0/s1. The fourth-order valence-corrected chi connectivity index (χ4v) is 8.66. The number of alkyl halides is 3. The zero-order valence-corrected chi connectivity index (χ0v) is 22.9. The average Bonchev–Trinajstić information content (AvgIpc) is 3.05. The number of allylic oxidation sites excluding steroid dienone is 1. The molecule has 0 aliphatic heterocycles. The van der Waals surface area contributed by atoms with E-state index < -0.39 is 28.2 Å². The maximum absolute atomic E-state index is 12.7. The van der Waals surface area contributed by atoms with E-state index in [-0.39, 0.29) is 41.4 Å². The van der Waals surface area contributed by atoms with Crippen molar-refractivity contribution in [3.8, 4) is 0 Å². The number of unbranched alkanes of at least 4 members (excludes halogenated alkanes) is 2. The number of aliphatic hydroxyl groups excluding tert-OH is 1. The Morgan fingerprint density at radius 3 is 2.55 bits per heavy atom. The molecule has 0 amide bonds. The van der Waals surface area contributed by atoms with E-state index in [0.717, 1.165) is 36.8 Å². The molecule has 2 saturated carbocycles. The molecule has 0 aromatic heterocycles. The van der Waals surface area contributed by atoms with Gasteiger partial charge in [0, 0.05) is 0 Å². The van der Waals surface area contributed by atoms with E-state index in [0.29, 0.717) is 31.4 Å². The van der Waals surface area contributed by atoms with Crippen molar-refractivity contribution >= 4 is 16.0 Å². The molecular weight excluding hydrogens is 519 g/mol. The lowest BCUT2D eigenvalue weighted by Crippen LogP contribution is -2.57. The van der Waals surface area contributed by atoms with Crippen LogP contribution in [0.5, 0.6) is 0 Å². The van der Waals surface area contributed by atoms with Gasteiger partial charge in [-0.05, 0) is 104 Å². The second-order valence-corrected chi connectivity index (χ2v) is 13.4. The Labute approximate surface area is 223 Å². The molecule has 0 bridgehead atoms. The molecule has 0 heterocycles. The minimum atomic E-state index is -4.60. The van der Waals surface area contributed by atoms with Crippen LogP contribution in [0.2, 0.25) is 0 Å². The minimum Gasteiger partial charge on any atom is -0.390 e. The van der Waals surface area contributed by atoms with Crippen molar-refractivity contribution in [2.75, 3.05) is 4.72 Å². The predicted octanol–water partition coefficient (Wildman–Crippen LogP) is 6.16. The summed E-state index contributed by atoms with van der Waals surface area (Å²) in [5, 5.41) is 20.8. The first-order chi connectivity index (χ1) is 17.5. The molecule has 214 valence electrons. The number of aliphatic hydroxyl groups is 2. The largest absolute Gasteiger partial charge is 0.414 e. The second kappa shape index (κ2) is 10.1. The number of hydrogen-bond acceptors (Lipinski definition) is 4. The Hall–Kier alpha value is -1.62. The van der Waals surface area contributed by atoms with E-state index in [9.17, 15) is 36.4 Å². The van der Waals surface area contributed by atoms with Gasteiger partial charge in [0.2, 0.25) is 0 Å². The second-order valence-electron chi connectivity index (χ2n) is 12.2. The Morgan fingerprint density at radius 1 is 1.21 bits per heavy atom. The molecule has 38 heavy (non-hydrogen) atoms. The number of anilines is 1. The molecule has 0 spiro atoms. The van der Waals surface area contributed by atoms with Crippen molar-refractivity contribution in [3.05, 3.63) is 42.0 Å². The van der Waals surface area contributed by atoms with Gasteiger partial charge < -0.3 is 10.2 Å². The van der Waals surface area contributed by atoms with Crippen molar-refractivity contribution < 1.29 is 36.4 Å². The number of hydrogen-bond donors (Lipinski definition) is 4. The van der Waals surface area contributed by atoms with Gasteiger partial charge in [-0.15, -0.1) is 6.58 Å². The Balaban J connectivity index is 1.64. The molecule has 3 aliphatic rings. The van der Waals surface area contributed by atoms with Crippen LogP contribution >= 0.6 is 0 Å². The van der Waals surface area contributed by atoms with Crippen molar-refractivity contribution in [2.45, 2.75) is 102 Å². The van der Waals surface area contributed by atoms with Gasteiger partial charge in [0.25, 0.3) is 0 Å². The molecular formula is C28H40F3NO5S. The molecule has 0 radical (unpaired) electrons. The lowest BCUT2D eigenvalue weighted by Gasteiger charge is -2.61. The predicted molar refractivity (Wildman–Crippen MR) is 140 cm³/mol. The van der Waals surface area contributed by atoms with Gasteiger partial charge in [-0.2, -0.15) is 21.6 Å². The van der Waals surface area contributed by atoms with Crippen LogP contribution in [0.25, 0.3) is 0 Å². The first-order valence-corrected chi connectivity index (χ1v) is 15.0. The van der Waals surface area contributed by atoms with Crippen LogP contribution in [-0.4, -0.2) is 41.1 Å². The molecule has 1 aromatic rings. The van der Waals surface area contributed by atoms with Gasteiger partial charge in [-0.3, -0.25) is 9.27 Å². The molecule has 4 rings (SSSR count). The molecule has 4 N–H and O–H groups in total. The van der Waals surface area contributed by atoms with Crippen LogP contribution in [0.3, 0.4) is 0 Å². The minimum absolute atomic E-state index is 0.0799. The smallest absolute Gasteiger partial charge is 0.390 e. The van der Waals surface area contributed by atoms with Crippen LogP contribution in [0, 0.1) is 22.7 Å². The third-order valence-corrected chi connectivity index (χ3v) is 10.7. The van der Waals surface area contributed by atoms with E-state index in [1.54, 1.807) is 12.1 Å². The van der Waals surface area contributed by atoms with Gasteiger partial charge >= 0.3 is 16.5 Å². The molecule has 1 aromatic carbocycles. The SMILES string of the molecule is C=CC12CCc3cc(NS(=O)(=O)O)ccc3C1[C@@H](CCCCC[C@@H](O)C(F)(F)F)C[C@@]1(C)C2CC[C@]1(C)O. The highest BCUT2D eigenvalue weighted by Gasteiger charge is 2.66. The summed E-state index contributed by atoms with van der Waals surface area (Å²) in [5.74, 6) is 0.441. The highest BCUT2D eigenvalue weighted by Crippen LogP contribution is 2.71. The molecule has 2 fully saturated rings. The van der Waals surface area contributed by atoms with E-state index in [4.69, 9.17) is 0 Å². The van der Waals surface area contributed by atoms with Gasteiger partial charge in [-0.25, -0.2) is 0 Å². The topological polar surface area (TPSA) is 107 Å². The monoisotopic (exact) mass is 559 g/mol. The van der Waals surface area contributed by atoms with E-state index in [1.165, 1.54) is 0 Å². The maximum atomic E-state index is 12.7. The van der Waals surface area contributed by atoms with Gasteiger partial charge in [-0.1, -0.05) is 38.3 Å². The van der Waals surface area contributed by atoms with E-state index in [2.05, 4.69) is 24.3 Å². The number of rotatable bonds is 9. The molecule has 3 aliphatic carbocycles. The highest BCUT2D eigenvalue weighted by molar-refractivity contribution is 7.87. The number of fused-ring (bicyclic) bond motifs is 5. The van der Waals surface area contributed by atoms with Crippen LogP contribution in [-0.2, 0) is 16.7 Å². The van der Waals surface area contributed by atoms with Crippen molar-refractivity contribution in [2.24, 2.45) is 22.7 Å². The lowest BCUT2D eigenvalue weighted by atomic mass is 9.43. The maximum Gasteiger partial charge on any atom is 0.414 e. The van der Waals surface area contributed by atoms with Crippen LogP contribution in [0.4, 0.5) is 18.9 Å². The lowest BCUT2D eigenvalue weighted by molar-refractivity contribution is -0.205. The molecule has 10 heteroatoms. The summed E-state index contributed by atoms with van der Waals surface area (Å²) in [5.41, 5.74) is 0.976. The summed E-state index contributed by atoms with van der Waals surface area (Å²) in [6, 6.07) is 5.34. The number of benzene rings is 1. The fourth-order valence-electron chi connectivity index (χ4n) is 8.23. The number of nitrogens with one attached hydrogen (secondary N) is 1. The molecule has 7 atom stereocenters. The Morgan fingerprint density at radius 2 is 1.92 bits per heavy atom. The van der Waals surface area contributed by atoms with Crippen molar-refractivity contribution in [1.29, 1.82) is 0 Å². The Kier molecular flexibility index (Phi) is 7.80. The third-order valence-electron chi connectivity index (χ3n) is 10.2. The van der Waals surface area contributed by atoms with Crippen molar-refractivity contribution in [1.82, 2.24) is 0 Å². The summed E-state index contributed by atoms with van der Waals surface area (Å²) >= 11 is 0. The van der Waals surface area contributed by atoms with Crippen LogP contribution < -0.4 is 4.72 Å². The zero-order valence-electron chi connectivity index (χ0n) is 22.1. The first-order valence-electron chi connectivity index (χ1n) is 13.5. The van der Waals surface area contributed by atoms with Gasteiger partial charge in [0.05, 0.1) is 11.3 Å².